The maximum atomic E-state index is 12.4. The van der Waals surface area contributed by atoms with E-state index in [1.165, 1.54) is 17.5 Å². The standard InChI is InChI=1S/C15H12ClN3O6S/c1-2-25-15(22)18-12(20)9-5-6-26-14(9)17-13(21)10-7-8(16)3-4-11(10)19(23)24/h3-7H,2H2,1H3,(H,17,21)(H,18,20,22). The second-order valence-corrected chi connectivity index (χ2v) is 6.06. The highest BCUT2D eigenvalue weighted by molar-refractivity contribution is 7.14. The van der Waals surface area contributed by atoms with Crippen LogP contribution in [0.4, 0.5) is 15.5 Å². The van der Waals surface area contributed by atoms with E-state index in [4.69, 9.17) is 11.6 Å². The molecule has 1 aromatic carbocycles. The molecule has 2 rings (SSSR count). The third-order valence-corrected chi connectivity index (χ3v) is 4.09. The van der Waals surface area contributed by atoms with E-state index < -0.39 is 28.5 Å². The molecule has 0 saturated heterocycles. The number of anilines is 1. The number of alkyl carbamates (subject to hydrolysis) is 1. The summed E-state index contributed by atoms with van der Waals surface area (Å²) in [5.41, 5.74) is -0.672. The number of carbonyl (C=O) groups is 3. The molecule has 1 heterocycles. The Labute approximate surface area is 156 Å². The van der Waals surface area contributed by atoms with Crippen LogP contribution >= 0.6 is 22.9 Å². The van der Waals surface area contributed by atoms with Crippen LogP contribution in [-0.4, -0.2) is 29.4 Å². The molecule has 0 atom stereocenters. The van der Waals surface area contributed by atoms with E-state index in [2.05, 4.69) is 10.1 Å². The van der Waals surface area contributed by atoms with Crippen LogP contribution in [0.25, 0.3) is 0 Å². The first-order valence-corrected chi connectivity index (χ1v) is 8.40. The summed E-state index contributed by atoms with van der Waals surface area (Å²) in [6.45, 7) is 1.67. The van der Waals surface area contributed by atoms with Crippen molar-refractivity contribution >= 4 is 51.5 Å². The van der Waals surface area contributed by atoms with Crippen LogP contribution in [0.15, 0.2) is 29.6 Å². The maximum absolute atomic E-state index is 12.4. The fraction of sp³-hybridized carbons (Fsp3) is 0.133. The minimum Gasteiger partial charge on any atom is -0.450 e. The van der Waals surface area contributed by atoms with E-state index >= 15 is 0 Å². The van der Waals surface area contributed by atoms with Crippen LogP contribution in [0.3, 0.4) is 0 Å². The highest BCUT2D eigenvalue weighted by Crippen LogP contribution is 2.27. The number of ether oxygens (including phenoxy) is 1. The number of amides is 3. The molecule has 0 radical (unpaired) electrons. The largest absolute Gasteiger partial charge is 0.450 e. The van der Waals surface area contributed by atoms with Crippen LogP contribution in [0.2, 0.25) is 5.02 Å². The van der Waals surface area contributed by atoms with Crippen molar-refractivity contribution in [3.63, 3.8) is 0 Å². The molecule has 0 saturated carbocycles. The molecular formula is C15H12ClN3O6S. The molecule has 9 nitrogen and oxygen atoms in total. The first-order valence-electron chi connectivity index (χ1n) is 7.14. The number of hydrogen-bond acceptors (Lipinski definition) is 7. The zero-order valence-corrected chi connectivity index (χ0v) is 14.8. The molecule has 26 heavy (non-hydrogen) atoms. The number of nitro benzene ring substituents is 1. The lowest BCUT2D eigenvalue weighted by Crippen LogP contribution is -2.31. The Morgan fingerprint density at radius 3 is 2.62 bits per heavy atom. The van der Waals surface area contributed by atoms with Gasteiger partial charge in [0.2, 0.25) is 0 Å². The summed E-state index contributed by atoms with van der Waals surface area (Å²) in [4.78, 5) is 46.2. The third-order valence-electron chi connectivity index (χ3n) is 3.03. The molecule has 0 unspecified atom stereocenters. The number of thiophene rings is 1. The third kappa shape index (κ3) is 4.55. The molecule has 0 aliphatic heterocycles. The summed E-state index contributed by atoms with van der Waals surface area (Å²) in [5, 5.41) is 17.3. The van der Waals surface area contributed by atoms with E-state index in [-0.39, 0.29) is 27.8 Å². The van der Waals surface area contributed by atoms with Crippen molar-refractivity contribution < 1.29 is 24.0 Å². The number of hydrogen-bond donors (Lipinski definition) is 2. The predicted molar refractivity (Wildman–Crippen MR) is 94.9 cm³/mol. The smallest absolute Gasteiger partial charge is 0.414 e. The first kappa shape index (κ1) is 19.3. The zero-order chi connectivity index (χ0) is 19.3. The second kappa shape index (κ2) is 8.41. The van der Waals surface area contributed by atoms with Gasteiger partial charge in [-0.15, -0.1) is 11.3 Å². The number of carbonyl (C=O) groups excluding carboxylic acids is 3. The Hall–Kier alpha value is -2.98. The van der Waals surface area contributed by atoms with Crippen LogP contribution < -0.4 is 10.6 Å². The Morgan fingerprint density at radius 2 is 1.96 bits per heavy atom. The second-order valence-electron chi connectivity index (χ2n) is 4.71. The summed E-state index contributed by atoms with van der Waals surface area (Å²) in [7, 11) is 0. The molecule has 0 fully saturated rings. The molecular weight excluding hydrogens is 386 g/mol. The van der Waals surface area contributed by atoms with Gasteiger partial charge in [-0.25, -0.2) is 4.79 Å². The van der Waals surface area contributed by atoms with Crippen molar-refractivity contribution in [2.24, 2.45) is 0 Å². The van der Waals surface area contributed by atoms with Gasteiger partial charge in [0.05, 0.1) is 17.1 Å². The van der Waals surface area contributed by atoms with Gasteiger partial charge in [-0.1, -0.05) is 11.6 Å². The molecule has 3 amide bonds. The number of halogens is 1. The van der Waals surface area contributed by atoms with E-state index in [0.29, 0.717) is 0 Å². The minimum atomic E-state index is -0.925. The predicted octanol–water partition coefficient (Wildman–Crippen LogP) is 3.45. The van der Waals surface area contributed by atoms with Crippen molar-refractivity contribution in [3.05, 3.63) is 55.9 Å². The van der Waals surface area contributed by atoms with Gasteiger partial charge in [0, 0.05) is 11.1 Å². The highest BCUT2D eigenvalue weighted by atomic mass is 35.5. The molecule has 2 aromatic rings. The Balaban J connectivity index is 2.23. The first-order chi connectivity index (χ1) is 12.3. The Kier molecular flexibility index (Phi) is 6.26. The summed E-state index contributed by atoms with van der Waals surface area (Å²) < 4.78 is 4.61. The van der Waals surface area contributed by atoms with E-state index in [0.717, 1.165) is 23.5 Å². The van der Waals surface area contributed by atoms with Gasteiger partial charge in [-0.3, -0.25) is 25.0 Å². The summed E-state index contributed by atoms with van der Waals surface area (Å²) >= 11 is 6.81. The molecule has 0 bridgehead atoms. The van der Waals surface area contributed by atoms with Crippen molar-refractivity contribution in [1.29, 1.82) is 0 Å². The van der Waals surface area contributed by atoms with Crippen molar-refractivity contribution in [3.8, 4) is 0 Å². The van der Waals surface area contributed by atoms with Crippen molar-refractivity contribution in [2.45, 2.75) is 6.92 Å². The average molecular weight is 398 g/mol. The number of imide groups is 1. The monoisotopic (exact) mass is 397 g/mol. The fourth-order valence-electron chi connectivity index (χ4n) is 1.93. The van der Waals surface area contributed by atoms with Gasteiger partial charge in [0.25, 0.3) is 17.5 Å². The van der Waals surface area contributed by atoms with E-state index in [1.807, 2.05) is 5.32 Å². The van der Waals surface area contributed by atoms with Gasteiger partial charge < -0.3 is 10.1 Å². The normalized spacial score (nSPS) is 10.1. The number of nitro groups is 1. The summed E-state index contributed by atoms with van der Waals surface area (Å²) in [6, 6.07) is 4.95. The lowest BCUT2D eigenvalue weighted by molar-refractivity contribution is -0.385. The number of nitrogens with zero attached hydrogens (tertiary/aromatic N) is 1. The molecule has 136 valence electrons. The van der Waals surface area contributed by atoms with E-state index in [1.54, 1.807) is 6.92 Å². The maximum Gasteiger partial charge on any atom is 0.414 e. The van der Waals surface area contributed by atoms with Gasteiger partial charge in [0.1, 0.15) is 10.6 Å². The topological polar surface area (TPSA) is 128 Å². The summed E-state index contributed by atoms with van der Waals surface area (Å²) in [6.07, 6.45) is -0.925. The van der Waals surface area contributed by atoms with Gasteiger partial charge in [0.15, 0.2) is 0 Å². The zero-order valence-electron chi connectivity index (χ0n) is 13.3. The van der Waals surface area contributed by atoms with Crippen LogP contribution in [0, 0.1) is 10.1 Å². The van der Waals surface area contributed by atoms with Crippen LogP contribution in [-0.2, 0) is 4.74 Å². The van der Waals surface area contributed by atoms with Gasteiger partial charge in [-0.2, -0.15) is 0 Å². The Morgan fingerprint density at radius 1 is 1.23 bits per heavy atom. The number of nitrogens with one attached hydrogen (secondary N) is 2. The SMILES string of the molecule is CCOC(=O)NC(=O)c1ccsc1NC(=O)c1cc(Cl)ccc1[N+](=O)[O-]. The molecule has 11 heteroatoms. The lowest BCUT2D eigenvalue weighted by Gasteiger charge is -2.08. The molecule has 0 aliphatic carbocycles. The van der Waals surface area contributed by atoms with Crippen molar-refractivity contribution in [2.75, 3.05) is 11.9 Å². The van der Waals surface area contributed by atoms with Crippen LogP contribution in [0.1, 0.15) is 27.6 Å². The fourth-order valence-corrected chi connectivity index (χ4v) is 2.88. The van der Waals surface area contributed by atoms with Gasteiger partial charge in [-0.05, 0) is 30.5 Å². The van der Waals surface area contributed by atoms with E-state index in [9.17, 15) is 24.5 Å². The molecule has 0 aliphatic rings. The molecule has 2 N–H and O–H groups in total. The van der Waals surface area contributed by atoms with Crippen molar-refractivity contribution in [1.82, 2.24) is 5.32 Å². The number of benzene rings is 1. The Bertz CT molecular complexity index is 882. The van der Waals surface area contributed by atoms with Crippen LogP contribution in [0.5, 0.6) is 0 Å². The quantitative estimate of drug-likeness (QED) is 0.587. The molecule has 0 spiro atoms. The van der Waals surface area contributed by atoms with Gasteiger partial charge >= 0.3 is 6.09 Å². The minimum absolute atomic E-state index is 0.0149. The summed E-state index contributed by atoms with van der Waals surface area (Å²) in [5.74, 6) is -1.59. The average Bonchev–Trinajstić information content (AvgIpc) is 3.02. The lowest BCUT2D eigenvalue weighted by atomic mass is 10.1. The number of rotatable bonds is 5. The highest BCUT2D eigenvalue weighted by Gasteiger charge is 2.23. The molecule has 1 aromatic heterocycles.